The van der Waals surface area contributed by atoms with Crippen LogP contribution in [-0.2, 0) is 11.3 Å². The lowest BCUT2D eigenvalue weighted by Gasteiger charge is -2.28. The predicted molar refractivity (Wildman–Crippen MR) is 107 cm³/mol. The normalized spacial score (nSPS) is 14.7. The third-order valence-electron chi connectivity index (χ3n) is 4.88. The van der Waals surface area contributed by atoms with E-state index in [1.807, 2.05) is 36.6 Å². The highest BCUT2D eigenvalue weighted by Crippen LogP contribution is 2.22. The molecule has 1 aromatic carbocycles. The molecule has 1 aliphatic rings. The third kappa shape index (κ3) is 3.60. The largest absolute Gasteiger partial charge is 0.371 e. The van der Waals surface area contributed by atoms with Crippen LogP contribution in [0.5, 0.6) is 0 Å². The van der Waals surface area contributed by atoms with Crippen molar-refractivity contribution in [3.63, 3.8) is 0 Å². The molecular weight excluding hydrogens is 360 g/mol. The molecule has 3 heterocycles. The summed E-state index contributed by atoms with van der Waals surface area (Å²) in [5.74, 6) is 0.215. The lowest BCUT2D eigenvalue weighted by Crippen LogP contribution is -2.33. The lowest BCUT2D eigenvalue weighted by atomic mass is 10.1. The number of benzene rings is 1. The van der Waals surface area contributed by atoms with Gasteiger partial charge in [0.05, 0.1) is 5.69 Å². The van der Waals surface area contributed by atoms with E-state index in [2.05, 4.69) is 27.3 Å². The second-order valence-electron chi connectivity index (χ2n) is 6.92. The van der Waals surface area contributed by atoms with Crippen molar-refractivity contribution in [3.05, 3.63) is 52.3 Å². The maximum Gasteiger partial charge on any atom is 0.270 e. The highest BCUT2D eigenvalue weighted by Gasteiger charge is 2.19. The number of carbonyl (C=O) groups excluding carboxylic acids is 2. The first kappa shape index (κ1) is 17.7. The van der Waals surface area contributed by atoms with Gasteiger partial charge in [-0.05, 0) is 31.5 Å². The van der Waals surface area contributed by atoms with Gasteiger partial charge in [-0.2, -0.15) is 0 Å². The van der Waals surface area contributed by atoms with Gasteiger partial charge in [-0.15, -0.1) is 11.3 Å². The van der Waals surface area contributed by atoms with Crippen LogP contribution < -0.4 is 10.2 Å². The first-order valence-electron chi connectivity index (χ1n) is 9.10. The average Bonchev–Trinajstić information content (AvgIpc) is 3.14. The molecule has 0 saturated carbocycles. The van der Waals surface area contributed by atoms with E-state index in [9.17, 15) is 9.59 Å². The van der Waals surface area contributed by atoms with Gasteiger partial charge >= 0.3 is 0 Å². The number of carbonyl (C=O) groups is 2. The number of aromatic nitrogens is 2. The summed E-state index contributed by atoms with van der Waals surface area (Å²) in [6, 6.07) is 8.15. The monoisotopic (exact) mass is 382 g/mol. The molecule has 0 bridgehead atoms. The van der Waals surface area contributed by atoms with Gasteiger partial charge in [-0.3, -0.25) is 14.0 Å². The smallest absolute Gasteiger partial charge is 0.270 e. The van der Waals surface area contributed by atoms with Crippen LogP contribution in [0.2, 0.25) is 0 Å². The van der Waals surface area contributed by atoms with Crippen LogP contribution in [0.25, 0.3) is 4.96 Å². The van der Waals surface area contributed by atoms with Gasteiger partial charge in [-0.1, -0.05) is 12.1 Å². The molecule has 3 aromatic rings. The fourth-order valence-corrected chi connectivity index (χ4v) is 4.35. The summed E-state index contributed by atoms with van der Waals surface area (Å²) in [5, 5.41) is 3.01. The van der Waals surface area contributed by atoms with Crippen LogP contribution in [0.3, 0.4) is 0 Å². The fraction of sp³-hybridized carbons (Fsp3) is 0.350. The minimum Gasteiger partial charge on any atom is -0.371 e. The van der Waals surface area contributed by atoms with Gasteiger partial charge in [0.1, 0.15) is 11.5 Å². The summed E-state index contributed by atoms with van der Waals surface area (Å²) >= 11 is 1.58. The maximum atomic E-state index is 12.7. The van der Waals surface area contributed by atoms with Gasteiger partial charge in [-0.25, -0.2) is 4.98 Å². The number of hydrogen-bond acceptors (Lipinski definition) is 5. The van der Waals surface area contributed by atoms with Gasteiger partial charge < -0.3 is 10.2 Å². The van der Waals surface area contributed by atoms with Crippen LogP contribution in [-0.4, -0.2) is 34.2 Å². The zero-order valence-corrected chi connectivity index (χ0v) is 16.3. The van der Waals surface area contributed by atoms with E-state index in [1.165, 1.54) is 0 Å². The predicted octanol–water partition coefficient (Wildman–Crippen LogP) is 3.11. The van der Waals surface area contributed by atoms with Crippen molar-refractivity contribution in [1.29, 1.82) is 0 Å². The number of hydrogen-bond donors (Lipinski definition) is 1. The van der Waals surface area contributed by atoms with Gasteiger partial charge in [0.15, 0.2) is 4.96 Å². The van der Waals surface area contributed by atoms with Crippen LogP contribution in [0.4, 0.5) is 5.69 Å². The van der Waals surface area contributed by atoms with E-state index in [1.54, 1.807) is 11.3 Å². The zero-order valence-electron chi connectivity index (χ0n) is 15.5. The molecule has 6 nitrogen and oxygen atoms in total. The maximum absolute atomic E-state index is 12.7. The number of anilines is 1. The van der Waals surface area contributed by atoms with Crippen LogP contribution in [0, 0.1) is 13.8 Å². The molecule has 2 aromatic heterocycles. The summed E-state index contributed by atoms with van der Waals surface area (Å²) in [6.07, 6.45) is 3.17. The van der Waals surface area contributed by atoms with E-state index >= 15 is 0 Å². The number of rotatable bonds is 4. The van der Waals surface area contributed by atoms with Crippen LogP contribution in [0.1, 0.15) is 39.5 Å². The summed E-state index contributed by atoms with van der Waals surface area (Å²) in [5.41, 5.74) is 3.48. The standard InChI is InChI=1S/C20H22N4O2S/c1-13-12-24-18(14(2)22-20(24)27-13)19(26)21-11-15-4-3-5-16(10-15)23-8-6-17(25)7-9-23/h3-5,10,12H,6-9,11H2,1-2H3,(H,21,26). The number of nitrogens with zero attached hydrogens (tertiary/aromatic N) is 3. The molecule has 27 heavy (non-hydrogen) atoms. The molecule has 4 rings (SSSR count). The van der Waals surface area contributed by atoms with Gasteiger partial charge in [0, 0.05) is 49.2 Å². The van der Waals surface area contributed by atoms with Crippen molar-refractivity contribution < 1.29 is 9.59 Å². The molecule has 1 amide bonds. The summed E-state index contributed by atoms with van der Waals surface area (Å²) in [6.45, 7) is 5.85. The van der Waals surface area contributed by atoms with E-state index in [4.69, 9.17) is 0 Å². The molecule has 1 aliphatic heterocycles. The highest BCUT2D eigenvalue weighted by molar-refractivity contribution is 7.17. The number of amides is 1. The van der Waals surface area contributed by atoms with Gasteiger partial charge in [0.25, 0.3) is 5.91 Å². The molecule has 0 unspecified atom stereocenters. The number of nitrogens with one attached hydrogen (secondary N) is 1. The minimum absolute atomic E-state index is 0.119. The summed E-state index contributed by atoms with van der Waals surface area (Å²) in [7, 11) is 0. The van der Waals surface area contributed by atoms with E-state index in [0.717, 1.165) is 39.9 Å². The summed E-state index contributed by atoms with van der Waals surface area (Å²) in [4.78, 5) is 32.8. The first-order chi connectivity index (χ1) is 13.0. The Kier molecular flexibility index (Phi) is 4.70. The Balaban J connectivity index is 1.46. The topological polar surface area (TPSA) is 66.7 Å². The number of fused-ring (bicyclic) bond motifs is 1. The van der Waals surface area contributed by atoms with Crippen molar-refractivity contribution in [2.75, 3.05) is 18.0 Å². The zero-order chi connectivity index (χ0) is 19.0. The minimum atomic E-state index is -0.119. The molecule has 0 spiro atoms. The molecule has 140 valence electrons. The molecular formula is C20H22N4O2S. The van der Waals surface area contributed by atoms with E-state index in [-0.39, 0.29) is 5.91 Å². The Morgan fingerprint density at radius 2 is 2.04 bits per heavy atom. The summed E-state index contributed by atoms with van der Waals surface area (Å²) < 4.78 is 1.87. The first-order valence-corrected chi connectivity index (χ1v) is 9.92. The molecule has 0 radical (unpaired) electrons. The number of piperidine rings is 1. The highest BCUT2D eigenvalue weighted by atomic mass is 32.1. The number of Topliss-reactive ketones (excluding diaryl/α,β-unsaturated/α-hetero) is 1. The molecule has 1 saturated heterocycles. The molecule has 0 atom stereocenters. The lowest BCUT2D eigenvalue weighted by molar-refractivity contribution is -0.119. The Hall–Kier alpha value is -2.67. The van der Waals surface area contributed by atoms with Gasteiger partial charge in [0.2, 0.25) is 0 Å². The van der Waals surface area contributed by atoms with Crippen LogP contribution in [0.15, 0.2) is 30.5 Å². The van der Waals surface area contributed by atoms with Crippen LogP contribution >= 0.6 is 11.3 Å². The van der Waals surface area contributed by atoms with Crippen molar-refractivity contribution in [2.24, 2.45) is 0 Å². The number of ketones is 1. The molecule has 1 N–H and O–H groups in total. The Labute approximate surface area is 161 Å². The Bertz CT molecular complexity index is 1010. The van der Waals surface area contributed by atoms with Crippen molar-refractivity contribution in [3.8, 4) is 0 Å². The quantitative estimate of drug-likeness (QED) is 0.753. The third-order valence-corrected chi connectivity index (χ3v) is 5.78. The average molecular weight is 382 g/mol. The number of thiazole rings is 1. The second kappa shape index (κ2) is 7.15. The second-order valence-corrected chi connectivity index (χ2v) is 8.13. The SMILES string of the molecule is Cc1cn2c(C(=O)NCc3cccc(N4CCC(=O)CC4)c3)c(C)nc2s1. The molecule has 7 heteroatoms. The molecule has 0 aliphatic carbocycles. The van der Waals surface area contributed by atoms with Crippen molar-refractivity contribution in [1.82, 2.24) is 14.7 Å². The number of aryl methyl sites for hydroxylation is 2. The van der Waals surface area contributed by atoms with Crippen molar-refractivity contribution in [2.45, 2.75) is 33.2 Å². The van der Waals surface area contributed by atoms with E-state index in [0.29, 0.717) is 30.9 Å². The number of imidazole rings is 1. The molecule has 1 fully saturated rings. The van der Waals surface area contributed by atoms with Crippen molar-refractivity contribution >= 4 is 33.7 Å². The Morgan fingerprint density at radius 1 is 1.26 bits per heavy atom. The van der Waals surface area contributed by atoms with E-state index < -0.39 is 0 Å². The fourth-order valence-electron chi connectivity index (χ4n) is 3.48. The Morgan fingerprint density at radius 3 is 2.81 bits per heavy atom.